The maximum absolute atomic E-state index is 13.6. The molecule has 31 heavy (non-hydrogen) atoms. The van der Waals surface area contributed by atoms with Crippen molar-refractivity contribution in [2.75, 3.05) is 14.2 Å². The molecule has 0 bridgehead atoms. The lowest BCUT2D eigenvalue weighted by Gasteiger charge is -2.21. The maximum atomic E-state index is 13.6. The lowest BCUT2D eigenvalue weighted by Crippen LogP contribution is -2.29. The van der Waals surface area contributed by atoms with Crippen molar-refractivity contribution in [1.82, 2.24) is 19.9 Å². The highest BCUT2D eigenvalue weighted by Gasteiger charge is 2.25. The van der Waals surface area contributed by atoms with Crippen LogP contribution in [0.1, 0.15) is 32.4 Å². The quantitative estimate of drug-likeness (QED) is 0.411. The van der Waals surface area contributed by atoms with Gasteiger partial charge in [0.15, 0.2) is 5.82 Å². The van der Waals surface area contributed by atoms with Crippen molar-refractivity contribution in [1.29, 1.82) is 0 Å². The van der Waals surface area contributed by atoms with Crippen LogP contribution in [0.25, 0.3) is 10.2 Å². The minimum atomic E-state index is -0.115. The zero-order chi connectivity index (χ0) is 21.8. The molecule has 160 valence electrons. The van der Waals surface area contributed by atoms with E-state index in [1.807, 2.05) is 31.2 Å². The first kappa shape index (κ1) is 21.0. The SMILES string of the molecule is COCc1nc(OC)c2c(C)c(C(=O)N(Cc3cccnc3)Cc3ccco3)sc2n1. The molecule has 1 amide bonds. The molecule has 0 atom stereocenters. The van der Waals surface area contributed by atoms with Crippen LogP contribution in [-0.4, -0.2) is 40.0 Å². The molecule has 0 saturated heterocycles. The first-order chi connectivity index (χ1) is 15.1. The predicted octanol–water partition coefficient (Wildman–Crippen LogP) is 3.99. The molecule has 0 aromatic carbocycles. The Kier molecular flexibility index (Phi) is 6.24. The number of hydrogen-bond acceptors (Lipinski definition) is 8. The fourth-order valence-electron chi connectivity index (χ4n) is 3.34. The lowest BCUT2D eigenvalue weighted by molar-refractivity contribution is 0.0722. The van der Waals surface area contributed by atoms with E-state index >= 15 is 0 Å². The van der Waals surface area contributed by atoms with Gasteiger partial charge in [-0.05, 0) is 36.2 Å². The monoisotopic (exact) mass is 438 g/mol. The predicted molar refractivity (Wildman–Crippen MR) is 116 cm³/mol. The molecule has 4 aromatic heterocycles. The van der Waals surface area contributed by atoms with E-state index in [2.05, 4.69) is 15.0 Å². The van der Waals surface area contributed by atoms with E-state index in [4.69, 9.17) is 13.9 Å². The Morgan fingerprint density at radius 1 is 1.19 bits per heavy atom. The number of thiophene rings is 1. The Balaban J connectivity index is 1.74. The molecule has 9 heteroatoms. The van der Waals surface area contributed by atoms with Gasteiger partial charge in [0.05, 0.1) is 30.2 Å². The van der Waals surface area contributed by atoms with Crippen LogP contribution in [0.5, 0.6) is 5.88 Å². The van der Waals surface area contributed by atoms with Crippen LogP contribution in [-0.2, 0) is 24.4 Å². The Morgan fingerprint density at radius 3 is 2.74 bits per heavy atom. The second kappa shape index (κ2) is 9.23. The molecule has 8 nitrogen and oxygen atoms in total. The molecule has 0 radical (unpaired) electrons. The van der Waals surface area contributed by atoms with Crippen LogP contribution in [0.4, 0.5) is 0 Å². The van der Waals surface area contributed by atoms with E-state index < -0.39 is 0 Å². The Labute approximate surface area is 183 Å². The lowest BCUT2D eigenvalue weighted by atomic mass is 10.1. The van der Waals surface area contributed by atoms with Crippen LogP contribution in [0.2, 0.25) is 0 Å². The molecule has 4 rings (SSSR count). The van der Waals surface area contributed by atoms with E-state index in [-0.39, 0.29) is 12.5 Å². The highest BCUT2D eigenvalue weighted by molar-refractivity contribution is 7.20. The number of fused-ring (bicyclic) bond motifs is 1. The Morgan fingerprint density at radius 2 is 2.06 bits per heavy atom. The van der Waals surface area contributed by atoms with E-state index in [0.29, 0.717) is 40.3 Å². The summed E-state index contributed by atoms with van der Waals surface area (Å²) in [5.41, 5.74) is 1.72. The van der Waals surface area contributed by atoms with Gasteiger partial charge in [-0.2, -0.15) is 4.98 Å². The molecule has 0 aliphatic carbocycles. The second-order valence-corrected chi connectivity index (χ2v) is 7.92. The van der Waals surface area contributed by atoms with Crippen molar-refractivity contribution in [3.8, 4) is 5.88 Å². The zero-order valence-electron chi connectivity index (χ0n) is 17.5. The first-order valence-corrected chi connectivity index (χ1v) is 10.5. The highest BCUT2D eigenvalue weighted by atomic mass is 32.1. The third-order valence-corrected chi connectivity index (χ3v) is 5.95. The van der Waals surface area contributed by atoms with E-state index in [1.54, 1.807) is 37.8 Å². The van der Waals surface area contributed by atoms with Gasteiger partial charge in [-0.25, -0.2) is 4.98 Å². The number of aromatic nitrogens is 3. The molecule has 0 aliphatic rings. The van der Waals surface area contributed by atoms with Gasteiger partial charge in [0.2, 0.25) is 5.88 Å². The van der Waals surface area contributed by atoms with Crippen molar-refractivity contribution < 1.29 is 18.7 Å². The molecule has 0 saturated carbocycles. The third-order valence-electron chi connectivity index (χ3n) is 4.77. The summed E-state index contributed by atoms with van der Waals surface area (Å²) in [6.45, 7) is 2.90. The van der Waals surface area contributed by atoms with Crippen molar-refractivity contribution in [2.24, 2.45) is 0 Å². The van der Waals surface area contributed by atoms with Crippen molar-refractivity contribution in [3.05, 3.63) is 70.5 Å². The number of rotatable bonds is 8. The van der Waals surface area contributed by atoms with Gasteiger partial charge in [-0.3, -0.25) is 9.78 Å². The number of carbonyl (C=O) groups is 1. The van der Waals surface area contributed by atoms with Gasteiger partial charge < -0.3 is 18.8 Å². The third kappa shape index (κ3) is 4.42. The van der Waals surface area contributed by atoms with Gasteiger partial charge >= 0.3 is 0 Å². The average Bonchev–Trinajstić information content (AvgIpc) is 3.41. The number of aryl methyl sites for hydroxylation is 1. The normalized spacial score (nSPS) is 11.1. The minimum Gasteiger partial charge on any atom is -0.480 e. The van der Waals surface area contributed by atoms with Crippen molar-refractivity contribution in [2.45, 2.75) is 26.6 Å². The molecule has 4 aromatic rings. The summed E-state index contributed by atoms with van der Waals surface area (Å²) in [4.78, 5) is 29.8. The summed E-state index contributed by atoms with van der Waals surface area (Å²) in [7, 11) is 3.14. The van der Waals surface area contributed by atoms with Crippen LogP contribution in [0.3, 0.4) is 0 Å². The molecule has 0 N–H and O–H groups in total. The molecular formula is C22H22N4O4S. The highest BCUT2D eigenvalue weighted by Crippen LogP contribution is 2.36. The summed E-state index contributed by atoms with van der Waals surface area (Å²) in [6.07, 6.45) is 5.07. The molecule has 0 fully saturated rings. The number of furan rings is 1. The molecule has 0 aliphatic heterocycles. The van der Waals surface area contributed by atoms with Gasteiger partial charge in [-0.1, -0.05) is 6.07 Å². The summed E-state index contributed by atoms with van der Waals surface area (Å²) in [5.74, 6) is 1.54. The number of nitrogens with zero attached hydrogens (tertiary/aromatic N) is 4. The smallest absolute Gasteiger partial charge is 0.265 e. The standard InChI is InChI=1S/C22H22N4O4S/c1-14-18-20(29-3)24-17(13-28-2)25-21(18)31-19(14)22(27)26(12-16-7-5-9-30-16)11-15-6-4-8-23-10-15/h4-10H,11-13H2,1-3H3. The summed E-state index contributed by atoms with van der Waals surface area (Å²) >= 11 is 1.33. The molecular weight excluding hydrogens is 416 g/mol. The average molecular weight is 439 g/mol. The summed E-state index contributed by atoms with van der Waals surface area (Å²) < 4.78 is 16.1. The van der Waals surface area contributed by atoms with Crippen LogP contribution in [0.15, 0.2) is 47.3 Å². The number of methoxy groups -OCH3 is 2. The summed E-state index contributed by atoms with van der Waals surface area (Å²) in [5, 5.41) is 0.745. The maximum Gasteiger partial charge on any atom is 0.265 e. The molecule has 0 spiro atoms. The van der Waals surface area contributed by atoms with Gasteiger partial charge in [0.25, 0.3) is 5.91 Å². The van der Waals surface area contributed by atoms with Crippen LogP contribution < -0.4 is 4.74 Å². The largest absolute Gasteiger partial charge is 0.480 e. The van der Waals surface area contributed by atoms with E-state index in [0.717, 1.165) is 16.5 Å². The molecule has 0 unspecified atom stereocenters. The first-order valence-electron chi connectivity index (χ1n) is 9.64. The van der Waals surface area contributed by atoms with Crippen LogP contribution in [0, 0.1) is 6.92 Å². The zero-order valence-corrected chi connectivity index (χ0v) is 18.3. The molecule has 4 heterocycles. The van der Waals surface area contributed by atoms with E-state index in [1.165, 1.54) is 11.3 Å². The van der Waals surface area contributed by atoms with Gasteiger partial charge in [-0.15, -0.1) is 11.3 Å². The number of pyridine rings is 1. The topological polar surface area (TPSA) is 90.6 Å². The minimum absolute atomic E-state index is 0.115. The van der Waals surface area contributed by atoms with E-state index in [9.17, 15) is 4.79 Å². The van der Waals surface area contributed by atoms with Gasteiger partial charge in [0, 0.05) is 26.0 Å². The Bertz CT molecular complexity index is 1180. The van der Waals surface area contributed by atoms with Crippen molar-refractivity contribution >= 4 is 27.5 Å². The Hall–Kier alpha value is -3.30. The number of hydrogen-bond donors (Lipinski definition) is 0. The van der Waals surface area contributed by atoms with Gasteiger partial charge in [0.1, 0.15) is 17.2 Å². The number of carbonyl (C=O) groups excluding carboxylic acids is 1. The second-order valence-electron chi connectivity index (χ2n) is 6.92. The number of ether oxygens (including phenoxy) is 2. The number of amides is 1. The fraction of sp³-hybridized carbons (Fsp3) is 0.273. The fourth-order valence-corrected chi connectivity index (χ4v) is 4.49. The summed E-state index contributed by atoms with van der Waals surface area (Å²) in [6, 6.07) is 7.46. The van der Waals surface area contributed by atoms with Crippen LogP contribution >= 0.6 is 11.3 Å². The van der Waals surface area contributed by atoms with Crippen molar-refractivity contribution in [3.63, 3.8) is 0 Å².